The molecule has 0 aromatic heterocycles. The summed E-state index contributed by atoms with van der Waals surface area (Å²) in [5.74, 6) is 0.305. The molecule has 0 saturated heterocycles. The fourth-order valence-corrected chi connectivity index (χ4v) is 4.12. The second-order valence-electron chi connectivity index (χ2n) is 9.47. The van der Waals surface area contributed by atoms with E-state index in [9.17, 15) is 0 Å². The Morgan fingerprint density at radius 3 is 1.18 bits per heavy atom. The van der Waals surface area contributed by atoms with Crippen molar-refractivity contribution in [2.45, 2.75) is 128 Å². The molecule has 0 amide bonds. The van der Waals surface area contributed by atoms with Crippen LogP contribution in [0, 0.1) is 5.41 Å². The number of guanidine groups is 2. The SMILES string of the molecule is N=C(N)NCCCCCCCCCCCCNCCCCCCCCCCCCN=C(N)N. The molecule has 7 nitrogen and oxygen atoms in total. The van der Waals surface area contributed by atoms with Gasteiger partial charge in [0.25, 0.3) is 0 Å². The van der Waals surface area contributed by atoms with Gasteiger partial charge in [-0.15, -0.1) is 0 Å². The lowest BCUT2D eigenvalue weighted by Crippen LogP contribution is -2.30. The number of nitrogens with one attached hydrogen (secondary N) is 3. The first kappa shape index (κ1) is 31.5. The first-order valence-electron chi connectivity index (χ1n) is 14.0. The maximum atomic E-state index is 7.10. The fraction of sp³-hybridized carbons (Fsp3) is 0.923. The van der Waals surface area contributed by atoms with E-state index in [0.29, 0.717) is 0 Å². The van der Waals surface area contributed by atoms with Crippen LogP contribution in [0.3, 0.4) is 0 Å². The summed E-state index contributed by atoms with van der Waals surface area (Å²) < 4.78 is 0. The lowest BCUT2D eigenvalue weighted by Gasteiger charge is -2.06. The van der Waals surface area contributed by atoms with E-state index in [1.807, 2.05) is 0 Å². The lowest BCUT2D eigenvalue weighted by molar-refractivity contribution is 0.523. The average Bonchev–Trinajstić information content (AvgIpc) is 2.78. The number of unbranched alkanes of at least 4 members (excludes halogenated alkanes) is 18. The van der Waals surface area contributed by atoms with E-state index in [-0.39, 0.29) is 11.9 Å². The molecule has 0 aliphatic carbocycles. The molecule has 0 radical (unpaired) electrons. The maximum absolute atomic E-state index is 7.10. The zero-order valence-corrected chi connectivity index (χ0v) is 21.6. The minimum Gasteiger partial charge on any atom is -0.370 e. The highest BCUT2D eigenvalue weighted by atomic mass is 15.0. The second kappa shape index (κ2) is 26.7. The highest BCUT2D eigenvalue weighted by Crippen LogP contribution is 2.11. The van der Waals surface area contributed by atoms with E-state index in [0.717, 1.165) is 25.9 Å². The topological polar surface area (TPSA) is 138 Å². The van der Waals surface area contributed by atoms with Crippen molar-refractivity contribution in [3.05, 3.63) is 0 Å². The smallest absolute Gasteiger partial charge is 0.185 e. The van der Waals surface area contributed by atoms with Gasteiger partial charge in [0.05, 0.1) is 0 Å². The average molecular weight is 468 g/mol. The summed E-state index contributed by atoms with van der Waals surface area (Å²) in [5.41, 5.74) is 15.9. The monoisotopic (exact) mass is 467 g/mol. The van der Waals surface area contributed by atoms with Crippen LogP contribution in [0.25, 0.3) is 0 Å². The Morgan fingerprint density at radius 1 is 0.485 bits per heavy atom. The highest BCUT2D eigenvalue weighted by Gasteiger charge is 1.96. The van der Waals surface area contributed by atoms with E-state index in [2.05, 4.69) is 15.6 Å². The molecule has 9 N–H and O–H groups in total. The van der Waals surface area contributed by atoms with Crippen LogP contribution in [0.15, 0.2) is 4.99 Å². The third kappa shape index (κ3) is 30.5. The molecule has 0 heterocycles. The van der Waals surface area contributed by atoms with Gasteiger partial charge in [0.2, 0.25) is 0 Å². The molecule has 0 aliphatic rings. The van der Waals surface area contributed by atoms with Crippen molar-refractivity contribution in [3.8, 4) is 0 Å². The third-order valence-corrected chi connectivity index (χ3v) is 6.15. The normalized spacial score (nSPS) is 10.9. The first-order chi connectivity index (χ1) is 16.1. The van der Waals surface area contributed by atoms with Gasteiger partial charge in [-0.3, -0.25) is 10.4 Å². The summed E-state index contributed by atoms with van der Waals surface area (Å²) in [6.45, 7) is 4.00. The molecule has 0 aromatic carbocycles. The Balaban J connectivity index is 3.04. The highest BCUT2D eigenvalue weighted by molar-refractivity contribution is 5.75. The van der Waals surface area contributed by atoms with Crippen LogP contribution in [0.4, 0.5) is 0 Å². The van der Waals surface area contributed by atoms with Crippen molar-refractivity contribution in [2.75, 3.05) is 26.2 Å². The fourth-order valence-electron chi connectivity index (χ4n) is 4.12. The molecule has 0 unspecified atom stereocenters. The first-order valence-corrected chi connectivity index (χ1v) is 14.0. The van der Waals surface area contributed by atoms with Crippen LogP contribution in [0.1, 0.15) is 128 Å². The lowest BCUT2D eigenvalue weighted by atomic mass is 10.1. The molecule has 33 heavy (non-hydrogen) atoms. The molecule has 0 aliphatic heterocycles. The van der Waals surface area contributed by atoms with Gasteiger partial charge in [-0.25, -0.2) is 0 Å². The third-order valence-electron chi connectivity index (χ3n) is 6.15. The Kier molecular flexibility index (Phi) is 25.5. The largest absolute Gasteiger partial charge is 0.370 e. The van der Waals surface area contributed by atoms with E-state index in [1.165, 1.54) is 129 Å². The molecule has 7 heteroatoms. The Bertz CT molecular complexity index is 436. The molecule has 0 atom stereocenters. The molecular formula is C26H57N7. The van der Waals surface area contributed by atoms with E-state index in [4.69, 9.17) is 22.6 Å². The molecule has 196 valence electrons. The number of rotatable bonds is 26. The van der Waals surface area contributed by atoms with Crippen LogP contribution in [0.2, 0.25) is 0 Å². The molecule has 0 aromatic rings. The minimum absolute atomic E-state index is 0.0901. The summed E-state index contributed by atoms with van der Waals surface area (Å²) >= 11 is 0. The molecule has 0 saturated carbocycles. The molecule has 0 bridgehead atoms. The van der Waals surface area contributed by atoms with Crippen molar-refractivity contribution < 1.29 is 0 Å². The Labute approximate surface area is 205 Å². The molecule has 0 rings (SSSR count). The van der Waals surface area contributed by atoms with Gasteiger partial charge in [-0.2, -0.15) is 0 Å². The predicted molar refractivity (Wildman–Crippen MR) is 146 cm³/mol. The molecular weight excluding hydrogens is 410 g/mol. The van der Waals surface area contributed by atoms with E-state index < -0.39 is 0 Å². The molecule has 0 spiro atoms. The number of aliphatic imine (C=N–C) groups is 1. The summed E-state index contributed by atoms with van der Waals surface area (Å²) in [5, 5.41) is 13.6. The van der Waals surface area contributed by atoms with Gasteiger partial charge >= 0.3 is 0 Å². The van der Waals surface area contributed by atoms with Crippen molar-refractivity contribution in [3.63, 3.8) is 0 Å². The van der Waals surface area contributed by atoms with E-state index >= 15 is 0 Å². The van der Waals surface area contributed by atoms with Gasteiger partial charge in [0.1, 0.15) is 0 Å². The van der Waals surface area contributed by atoms with Crippen molar-refractivity contribution in [1.29, 1.82) is 5.41 Å². The summed E-state index contributed by atoms with van der Waals surface area (Å²) in [6, 6.07) is 0. The van der Waals surface area contributed by atoms with Crippen molar-refractivity contribution in [1.82, 2.24) is 10.6 Å². The van der Waals surface area contributed by atoms with E-state index in [1.54, 1.807) is 0 Å². The van der Waals surface area contributed by atoms with Crippen LogP contribution in [-0.2, 0) is 0 Å². The number of nitrogens with two attached hydrogens (primary N) is 3. The number of hydrogen-bond acceptors (Lipinski definition) is 3. The Hall–Kier alpha value is -1.50. The quantitative estimate of drug-likeness (QED) is 0.0594. The van der Waals surface area contributed by atoms with Gasteiger partial charge in [0, 0.05) is 13.1 Å². The zero-order chi connectivity index (χ0) is 24.2. The standard InChI is InChI=1S/C26H57N7/c27-25(28)32-23-19-15-11-7-3-1-5-9-13-17-21-31-22-18-14-10-6-2-4-8-12-16-20-24-33-26(29)30/h31H,1-24H2,(H4,27,28,32)(H4,29,30,33). The predicted octanol–water partition coefficient (Wildman–Crippen LogP) is 5.13. The zero-order valence-electron chi connectivity index (χ0n) is 21.6. The Morgan fingerprint density at radius 2 is 0.818 bits per heavy atom. The van der Waals surface area contributed by atoms with Gasteiger partial charge in [-0.05, 0) is 38.8 Å². The number of nitrogens with zero attached hydrogens (tertiary/aromatic N) is 1. The van der Waals surface area contributed by atoms with Crippen LogP contribution < -0.4 is 27.8 Å². The van der Waals surface area contributed by atoms with Crippen molar-refractivity contribution >= 4 is 11.9 Å². The summed E-state index contributed by atoms with van der Waals surface area (Å²) in [6.07, 6.45) is 26.5. The maximum Gasteiger partial charge on any atom is 0.185 e. The van der Waals surface area contributed by atoms with Crippen LogP contribution in [0.5, 0.6) is 0 Å². The van der Waals surface area contributed by atoms with Crippen LogP contribution >= 0.6 is 0 Å². The van der Waals surface area contributed by atoms with Gasteiger partial charge in [0.15, 0.2) is 11.9 Å². The minimum atomic E-state index is 0.0901. The second-order valence-corrected chi connectivity index (χ2v) is 9.47. The summed E-state index contributed by atoms with van der Waals surface area (Å²) in [4.78, 5) is 4.02. The number of hydrogen-bond donors (Lipinski definition) is 6. The van der Waals surface area contributed by atoms with Crippen molar-refractivity contribution in [2.24, 2.45) is 22.2 Å². The summed E-state index contributed by atoms with van der Waals surface area (Å²) in [7, 11) is 0. The molecule has 0 fully saturated rings. The van der Waals surface area contributed by atoms with Gasteiger partial charge < -0.3 is 27.8 Å². The van der Waals surface area contributed by atoms with Gasteiger partial charge in [-0.1, -0.05) is 103 Å². The van der Waals surface area contributed by atoms with Crippen LogP contribution in [-0.4, -0.2) is 38.1 Å².